The number of halogens is 1. The van der Waals surface area contributed by atoms with Crippen molar-refractivity contribution in [2.45, 2.75) is 18.9 Å². The molecule has 2 aromatic carbocycles. The minimum Gasteiger partial charge on any atom is -0.330 e. The number of carbonyl (C=O) groups excluding carboxylic acids is 1. The molecule has 4 rings (SSSR count). The second-order valence-corrected chi connectivity index (χ2v) is 7.41. The summed E-state index contributed by atoms with van der Waals surface area (Å²) in [6.07, 6.45) is 2.03. The first-order valence-electron chi connectivity index (χ1n) is 8.30. The molecule has 126 valence electrons. The second kappa shape index (κ2) is 6.98. The van der Waals surface area contributed by atoms with Crippen LogP contribution in [0.2, 0.25) is 5.02 Å². The van der Waals surface area contributed by atoms with Gasteiger partial charge in [0.05, 0.1) is 6.04 Å². The molecule has 0 saturated carbocycles. The highest BCUT2D eigenvalue weighted by Crippen LogP contribution is 2.34. The summed E-state index contributed by atoms with van der Waals surface area (Å²) in [5, 5.41) is 3.39. The predicted molar refractivity (Wildman–Crippen MR) is 102 cm³/mol. The van der Waals surface area contributed by atoms with Gasteiger partial charge < -0.3 is 4.90 Å². The van der Waals surface area contributed by atoms with E-state index in [4.69, 9.17) is 11.6 Å². The molecule has 2 heterocycles. The first-order valence-corrected chi connectivity index (χ1v) is 9.55. The minimum atomic E-state index is 0.0165. The van der Waals surface area contributed by atoms with Crippen LogP contribution in [0.3, 0.4) is 0 Å². The van der Waals surface area contributed by atoms with Gasteiger partial charge in [0.25, 0.3) is 5.91 Å². The third-order valence-corrected chi connectivity index (χ3v) is 5.66. The molecule has 1 saturated heterocycles. The summed E-state index contributed by atoms with van der Waals surface area (Å²) < 4.78 is 0. The van der Waals surface area contributed by atoms with Crippen molar-refractivity contribution in [1.29, 1.82) is 0 Å². The fourth-order valence-electron chi connectivity index (χ4n) is 3.28. The van der Waals surface area contributed by atoms with E-state index in [0.717, 1.165) is 30.0 Å². The predicted octanol–water partition coefficient (Wildman–Crippen LogP) is 5.44. The maximum Gasteiger partial charge on any atom is 0.273 e. The highest BCUT2D eigenvalue weighted by atomic mass is 35.5. The number of rotatable bonds is 3. The molecule has 5 heteroatoms. The summed E-state index contributed by atoms with van der Waals surface area (Å²) in [5.41, 5.74) is 2.70. The van der Waals surface area contributed by atoms with Gasteiger partial charge in [-0.2, -0.15) is 0 Å². The molecule has 0 bridgehead atoms. The Balaban J connectivity index is 1.58. The summed E-state index contributed by atoms with van der Waals surface area (Å²) in [7, 11) is 0. The zero-order chi connectivity index (χ0) is 17.2. The fourth-order valence-corrected chi connectivity index (χ4v) is 4.20. The number of hydrogen-bond donors (Lipinski definition) is 0. The first kappa shape index (κ1) is 16.3. The summed E-state index contributed by atoms with van der Waals surface area (Å²) in [6.45, 7) is 0.784. The highest BCUT2D eigenvalue weighted by Gasteiger charge is 2.31. The molecule has 1 unspecified atom stereocenters. The van der Waals surface area contributed by atoms with Gasteiger partial charge in [0.2, 0.25) is 0 Å². The first-order chi connectivity index (χ1) is 12.2. The normalized spacial score (nSPS) is 17.0. The van der Waals surface area contributed by atoms with E-state index in [1.165, 1.54) is 16.9 Å². The molecular weight excluding hydrogens is 352 g/mol. The molecule has 0 spiro atoms. The van der Waals surface area contributed by atoms with Gasteiger partial charge in [0, 0.05) is 22.5 Å². The Bertz CT molecular complexity index is 876. The number of thiazole rings is 1. The molecule has 1 aliphatic heterocycles. The van der Waals surface area contributed by atoms with Gasteiger partial charge in [-0.15, -0.1) is 11.3 Å². The van der Waals surface area contributed by atoms with Crippen molar-refractivity contribution in [3.05, 3.63) is 76.3 Å². The van der Waals surface area contributed by atoms with E-state index in [9.17, 15) is 4.79 Å². The molecule has 1 atom stereocenters. The minimum absolute atomic E-state index is 0.0165. The van der Waals surface area contributed by atoms with Crippen molar-refractivity contribution in [3.8, 4) is 10.6 Å². The van der Waals surface area contributed by atoms with Crippen LogP contribution in [-0.2, 0) is 0 Å². The highest BCUT2D eigenvalue weighted by molar-refractivity contribution is 7.13. The van der Waals surface area contributed by atoms with Crippen LogP contribution in [0, 0.1) is 0 Å². The molecule has 3 aromatic rings. The van der Waals surface area contributed by atoms with Gasteiger partial charge in [-0.3, -0.25) is 4.79 Å². The zero-order valence-electron chi connectivity index (χ0n) is 13.6. The Morgan fingerprint density at radius 2 is 1.88 bits per heavy atom. The molecule has 0 radical (unpaired) electrons. The van der Waals surface area contributed by atoms with Crippen molar-refractivity contribution in [2.75, 3.05) is 6.54 Å². The molecule has 1 aliphatic rings. The lowest BCUT2D eigenvalue weighted by Gasteiger charge is -2.24. The maximum absolute atomic E-state index is 13.0. The molecule has 1 amide bonds. The van der Waals surface area contributed by atoms with E-state index in [1.807, 2.05) is 52.7 Å². The van der Waals surface area contributed by atoms with Crippen LogP contribution in [0.25, 0.3) is 10.6 Å². The van der Waals surface area contributed by atoms with Crippen molar-refractivity contribution in [1.82, 2.24) is 9.88 Å². The van der Waals surface area contributed by atoms with Gasteiger partial charge in [-0.05, 0) is 30.5 Å². The zero-order valence-corrected chi connectivity index (χ0v) is 15.1. The summed E-state index contributed by atoms with van der Waals surface area (Å²) in [5.74, 6) is 0.0165. The molecule has 0 aliphatic carbocycles. The van der Waals surface area contributed by atoms with Gasteiger partial charge in [0.1, 0.15) is 10.7 Å². The van der Waals surface area contributed by atoms with Crippen LogP contribution in [0.1, 0.15) is 34.9 Å². The lowest BCUT2D eigenvalue weighted by atomic mass is 10.0. The molecule has 3 nitrogen and oxygen atoms in total. The van der Waals surface area contributed by atoms with Crippen LogP contribution in [0.5, 0.6) is 0 Å². The summed E-state index contributed by atoms with van der Waals surface area (Å²) in [4.78, 5) is 19.5. The Morgan fingerprint density at radius 1 is 1.12 bits per heavy atom. The van der Waals surface area contributed by atoms with Gasteiger partial charge >= 0.3 is 0 Å². The lowest BCUT2D eigenvalue weighted by Crippen LogP contribution is -2.30. The standard InChI is InChI=1S/C20H17ClN2OS/c21-16-10-8-15(9-11-16)19-22-17(13-25-19)20(24)23-12-4-7-18(23)14-5-2-1-3-6-14/h1-3,5-6,8-11,13,18H,4,7,12H2. The summed E-state index contributed by atoms with van der Waals surface area (Å²) in [6, 6.07) is 17.9. The van der Waals surface area contributed by atoms with E-state index in [1.54, 1.807) is 0 Å². The number of hydrogen-bond acceptors (Lipinski definition) is 3. The van der Waals surface area contributed by atoms with Gasteiger partial charge in [0.15, 0.2) is 0 Å². The van der Waals surface area contributed by atoms with Crippen LogP contribution < -0.4 is 0 Å². The third-order valence-electron chi connectivity index (χ3n) is 4.51. The summed E-state index contributed by atoms with van der Waals surface area (Å²) >= 11 is 7.43. The van der Waals surface area contributed by atoms with E-state index < -0.39 is 0 Å². The molecular formula is C20H17ClN2OS. The van der Waals surface area contributed by atoms with E-state index in [0.29, 0.717) is 10.7 Å². The Kier molecular flexibility index (Phi) is 4.55. The van der Waals surface area contributed by atoms with Gasteiger partial charge in [-0.1, -0.05) is 54.1 Å². The number of nitrogens with zero attached hydrogens (tertiary/aromatic N) is 2. The Morgan fingerprint density at radius 3 is 2.64 bits per heavy atom. The molecule has 0 N–H and O–H groups in total. The van der Waals surface area contributed by atoms with E-state index in [2.05, 4.69) is 17.1 Å². The van der Waals surface area contributed by atoms with E-state index in [-0.39, 0.29) is 11.9 Å². The number of carbonyl (C=O) groups is 1. The van der Waals surface area contributed by atoms with Crippen molar-refractivity contribution >= 4 is 28.8 Å². The van der Waals surface area contributed by atoms with Crippen LogP contribution in [0.15, 0.2) is 60.0 Å². The molecule has 1 aromatic heterocycles. The molecule has 1 fully saturated rings. The Labute approximate surface area is 155 Å². The number of benzene rings is 2. The average molecular weight is 369 g/mol. The SMILES string of the molecule is O=C(c1csc(-c2ccc(Cl)cc2)n1)N1CCCC1c1ccccc1. The van der Waals surface area contributed by atoms with Crippen LogP contribution >= 0.6 is 22.9 Å². The van der Waals surface area contributed by atoms with Crippen molar-refractivity contribution < 1.29 is 4.79 Å². The van der Waals surface area contributed by atoms with Crippen LogP contribution in [-0.4, -0.2) is 22.3 Å². The smallest absolute Gasteiger partial charge is 0.273 e. The second-order valence-electron chi connectivity index (χ2n) is 6.11. The number of amides is 1. The fraction of sp³-hybridized carbons (Fsp3) is 0.200. The van der Waals surface area contributed by atoms with E-state index >= 15 is 0 Å². The van der Waals surface area contributed by atoms with Gasteiger partial charge in [-0.25, -0.2) is 4.98 Å². The topological polar surface area (TPSA) is 33.2 Å². The molecule has 25 heavy (non-hydrogen) atoms. The number of likely N-dealkylation sites (tertiary alicyclic amines) is 1. The van der Waals surface area contributed by atoms with Crippen molar-refractivity contribution in [2.24, 2.45) is 0 Å². The Hall–Kier alpha value is -2.17. The largest absolute Gasteiger partial charge is 0.330 e. The number of aromatic nitrogens is 1. The monoisotopic (exact) mass is 368 g/mol. The lowest BCUT2D eigenvalue weighted by molar-refractivity contribution is 0.0730. The maximum atomic E-state index is 13.0. The third kappa shape index (κ3) is 3.32. The van der Waals surface area contributed by atoms with Crippen molar-refractivity contribution in [3.63, 3.8) is 0 Å². The average Bonchev–Trinajstić information content (AvgIpc) is 3.32. The quantitative estimate of drug-likeness (QED) is 0.616. The van der Waals surface area contributed by atoms with Crippen LogP contribution in [0.4, 0.5) is 0 Å².